The van der Waals surface area contributed by atoms with Crippen LogP contribution in [0.5, 0.6) is 0 Å². The molecule has 2 rings (SSSR count). The maximum Gasteiger partial charge on any atom is 0.152 e. The van der Waals surface area contributed by atoms with Gasteiger partial charge in [-0.05, 0) is 41.7 Å². The van der Waals surface area contributed by atoms with E-state index >= 15 is 0 Å². The number of Topliss-reactive ketones (excluding diaryl/α,β-unsaturated/α-hetero) is 1. The van der Waals surface area contributed by atoms with E-state index < -0.39 is 0 Å². The van der Waals surface area contributed by atoms with Gasteiger partial charge in [-0.1, -0.05) is 50.6 Å². The number of carbonyl (C=O) groups excluding carboxylic acids is 1. The van der Waals surface area contributed by atoms with E-state index in [9.17, 15) is 4.79 Å². The zero-order valence-electron chi connectivity index (χ0n) is 13.5. The van der Waals surface area contributed by atoms with Crippen molar-refractivity contribution in [2.24, 2.45) is 5.92 Å². The summed E-state index contributed by atoms with van der Waals surface area (Å²) in [6, 6.07) is 10.4. The predicted molar refractivity (Wildman–Crippen MR) is 85.5 cm³/mol. The molecule has 0 spiro atoms. The van der Waals surface area contributed by atoms with Gasteiger partial charge in [-0.25, -0.2) is 5.10 Å². The van der Waals surface area contributed by atoms with Crippen molar-refractivity contribution in [2.75, 3.05) is 0 Å². The van der Waals surface area contributed by atoms with Crippen LogP contribution in [0.2, 0.25) is 0 Å². The summed E-state index contributed by atoms with van der Waals surface area (Å²) in [5.41, 5.74) is 1.28. The van der Waals surface area contributed by atoms with Crippen LogP contribution in [0, 0.1) is 5.92 Å². The highest BCUT2D eigenvalue weighted by molar-refractivity contribution is 5.79. The molecule has 1 heterocycles. The molecule has 0 amide bonds. The Balaban J connectivity index is 2.23. The quantitative estimate of drug-likeness (QED) is 0.810. The van der Waals surface area contributed by atoms with Crippen molar-refractivity contribution in [1.29, 1.82) is 0 Å². The number of carbonyl (C=O) groups is 1. The Morgan fingerprint density at radius 2 is 2.00 bits per heavy atom. The van der Waals surface area contributed by atoms with E-state index in [4.69, 9.17) is 0 Å². The minimum absolute atomic E-state index is 0.0302. The highest BCUT2D eigenvalue weighted by Gasteiger charge is 2.30. The molecule has 1 N–H and O–H groups in total. The molecule has 118 valence electrons. The normalized spacial score (nSPS) is 15.2. The van der Waals surface area contributed by atoms with Crippen molar-refractivity contribution >= 4 is 5.78 Å². The smallest absolute Gasteiger partial charge is 0.152 e. The summed E-state index contributed by atoms with van der Waals surface area (Å²) in [6.07, 6.45) is 2.69. The third kappa shape index (κ3) is 4.00. The molecular formula is C17H24N4O. The molecule has 1 aromatic heterocycles. The predicted octanol–water partition coefficient (Wildman–Crippen LogP) is 3.48. The first-order valence-electron chi connectivity index (χ1n) is 7.92. The summed E-state index contributed by atoms with van der Waals surface area (Å²) in [6.45, 7) is 5.96. The fraction of sp³-hybridized carbons (Fsp3) is 0.529. The SMILES string of the molecule is CCC[C@H](C(C)=O)[C@H](CC(C)c1ccccc1)c1nnn[nH]1. The molecule has 0 aliphatic rings. The second-order valence-corrected chi connectivity index (χ2v) is 5.95. The first kappa shape index (κ1) is 16.3. The van der Waals surface area contributed by atoms with E-state index in [1.807, 2.05) is 18.2 Å². The molecule has 0 radical (unpaired) electrons. The van der Waals surface area contributed by atoms with Crippen LogP contribution in [0.25, 0.3) is 0 Å². The summed E-state index contributed by atoms with van der Waals surface area (Å²) in [5.74, 6) is 1.27. The first-order chi connectivity index (χ1) is 10.6. The lowest BCUT2D eigenvalue weighted by Gasteiger charge is -2.25. The highest BCUT2D eigenvalue weighted by Crippen LogP contribution is 2.35. The molecule has 0 aliphatic carbocycles. The minimum atomic E-state index is -0.0362. The maximum atomic E-state index is 12.1. The van der Waals surface area contributed by atoms with E-state index in [0.29, 0.717) is 5.92 Å². The van der Waals surface area contributed by atoms with E-state index in [0.717, 1.165) is 25.1 Å². The molecule has 0 bridgehead atoms. The monoisotopic (exact) mass is 300 g/mol. The Hall–Kier alpha value is -2.04. The van der Waals surface area contributed by atoms with Crippen molar-refractivity contribution in [2.45, 2.75) is 51.9 Å². The van der Waals surface area contributed by atoms with E-state index in [1.54, 1.807) is 6.92 Å². The molecular weight excluding hydrogens is 276 g/mol. The number of rotatable bonds is 8. The molecule has 1 unspecified atom stereocenters. The lowest BCUT2D eigenvalue weighted by Crippen LogP contribution is -2.23. The van der Waals surface area contributed by atoms with Gasteiger partial charge in [0.15, 0.2) is 5.82 Å². The van der Waals surface area contributed by atoms with Gasteiger partial charge in [0.2, 0.25) is 0 Å². The van der Waals surface area contributed by atoms with Crippen LogP contribution >= 0.6 is 0 Å². The van der Waals surface area contributed by atoms with Gasteiger partial charge in [0, 0.05) is 11.8 Å². The average Bonchev–Trinajstić information content (AvgIpc) is 3.05. The van der Waals surface area contributed by atoms with Gasteiger partial charge in [0.1, 0.15) is 5.78 Å². The fourth-order valence-corrected chi connectivity index (χ4v) is 3.09. The van der Waals surface area contributed by atoms with Crippen molar-refractivity contribution in [3.63, 3.8) is 0 Å². The molecule has 3 atom stereocenters. The maximum absolute atomic E-state index is 12.1. The number of aromatic amines is 1. The Kier molecular flexibility index (Phi) is 5.81. The number of benzene rings is 1. The topological polar surface area (TPSA) is 71.5 Å². The minimum Gasteiger partial charge on any atom is -0.300 e. The van der Waals surface area contributed by atoms with Crippen molar-refractivity contribution in [1.82, 2.24) is 20.6 Å². The van der Waals surface area contributed by atoms with Crippen molar-refractivity contribution in [3.05, 3.63) is 41.7 Å². The van der Waals surface area contributed by atoms with Crippen LogP contribution in [0.3, 0.4) is 0 Å². The summed E-state index contributed by atoms with van der Waals surface area (Å²) >= 11 is 0. The number of hydrogen-bond acceptors (Lipinski definition) is 4. The largest absolute Gasteiger partial charge is 0.300 e. The summed E-state index contributed by atoms with van der Waals surface area (Å²) in [4.78, 5) is 12.1. The standard InChI is InChI=1S/C17H24N4O/c1-4-8-15(13(3)22)16(17-18-20-21-19-17)11-12(2)14-9-6-5-7-10-14/h5-7,9-10,12,15-16H,4,8,11H2,1-3H3,(H,18,19,20,21)/t12?,15-,16+/m1/s1. The number of ketones is 1. The Bertz CT molecular complexity index is 568. The van der Waals surface area contributed by atoms with Crippen LogP contribution in [0.15, 0.2) is 30.3 Å². The summed E-state index contributed by atoms with van der Waals surface area (Å²) in [7, 11) is 0. The Morgan fingerprint density at radius 3 is 2.55 bits per heavy atom. The lowest BCUT2D eigenvalue weighted by atomic mass is 9.78. The third-order valence-electron chi connectivity index (χ3n) is 4.30. The molecule has 0 saturated carbocycles. The molecule has 5 nitrogen and oxygen atoms in total. The van der Waals surface area contributed by atoms with Crippen molar-refractivity contribution < 1.29 is 4.79 Å². The lowest BCUT2D eigenvalue weighted by molar-refractivity contribution is -0.121. The van der Waals surface area contributed by atoms with Gasteiger partial charge in [-0.3, -0.25) is 4.79 Å². The van der Waals surface area contributed by atoms with Crippen molar-refractivity contribution in [3.8, 4) is 0 Å². The van der Waals surface area contributed by atoms with Gasteiger partial charge in [0.25, 0.3) is 0 Å². The van der Waals surface area contributed by atoms with Crippen LogP contribution < -0.4 is 0 Å². The van der Waals surface area contributed by atoms with Gasteiger partial charge in [-0.2, -0.15) is 0 Å². The van der Waals surface area contributed by atoms with E-state index in [1.165, 1.54) is 5.56 Å². The molecule has 0 saturated heterocycles. The highest BCUT2D eigenvalue weighted by atomic mass is 16.1. The first-order valence-corrected chi connectivity index (χ1v) is 7.92. The fourth-order valence-electron chi connectivity index (χ4n) is 3.09. The molecule has 22 heavy (non-hydrogen) atoms. The number of aromatic nitrogens is 4. The molecule has 0 aliphatic heterocycles. The summed E-state index contributed by atoms with van der Waals surface area (Å²) in [5, 5.41) is 14.3. The number of nitrogens with zero attached hydrogens (tertiary/aromatic N) is 3. The zero-order valence-corrected chi connectivity index (χ0v) is 13.5. The number of H-pyrrole nitrogens is 1. The van der Waals surface area contributed by atoms with Gasteiger partial charge >= 0.3 is 0 Å². The van der Waals surface area contributed by atoms with E-state index in [2.05, 4.69) is 46.6 Å². The van der Waals surface area contributed by atoms with Gasteiger partial charge in [-0.15, -0.1) is 5.10 Å². The molecule has 2 aromatic rings. The van der Waals surface area contributed by atoms with Crippen LogP contribution in [-0.2, 0) is 4.79 Å². The van der Waals surface area contributed by atoms with Gasteiger partial charge in [0.05, 0.1) is 0 Å². The molecule has 1 aromatic carbocycles. The number of nitrogens with one attached hydrogen (secondary N) is 1. The summed E-state index contributed by atoms with van der Waals surface area (Å²) < 4.78 is 0. The van der Waals surface area contributed by atoms with E-state index in [-0.39, 0.29) is 17.6 Å². The van der Waals surface area contributed by atoms with Crippen LogP contribution in [0.1, 0.15) is 63.3 Å². The molecule has 0 fully saturated rings. The van der Waals surface area contributed by atoms with Crippen LogP contribution in [0.4, 0.5) is 0 Å². The van der Waals surface area contributed by atoms with Gasteiger partial charge < -0.3 is 0 Å². The Morgan fingerprint density at radius 1 is 1.27 bits per heavy atom. The average molecular weight is 300 g/mol. The second-order valence-electron chi connectivity index (χ2n) is 5.95. The molecule has 5 heteroatoms. The third-order valence-corrected chi connectivity index (χ3v) is 4.30. The number of hydrogen-bond donors (Lipinski definition) is 1. The second kappa shape index (κ2) is 7.82. The van der Waals surface area contributed by atoms with Crippen LogP contribution in [-0.4, -0.2) is 26.4 Å². The zero-order chi connectivity index (χ0) is 15.9. The number of tetrazole rings is 1. The Labute approximate surface area is 131 Å².